The standard InChI is InChI=1S/C12H18ClNS/c1-8(2)12(7-14)15-10-4-5-11(13)9(3)6-10/h4-6,8,12H,7,14H2,1-3H3. The Balaban J connectivity index is 2.75. The number of hydrogen-bond donors (Lipinski definition) is 1. The summed E-state index contributed by atoms with van der Waals surface area (Å²) in [5.74, 6) is 0.594. The summed E-state index contributed by atoms with van der Waals surface area (Å²) in [5, 5.41) is 1.30. The van der Waals surface area contributed by atoms with Gasteiger partial charge in [-0.15, -0.1) is 11.8 Å². The average Bonchev–Trinajstić information content (AvgIpc) is 2.19. The molecule has 2 N–H and O–H groups in total. The molecule has 0 spiro atoms. The van der Waals surface area contributed by atoms with Crippen molar-refractivity contribution >= 4 is 23.4 Å². The van der Waals surface area contributed by atoms with Crippen molar-refractivity contribution < 1.29 is 0 Å². The van der Waals surface area contributed by atoms with Crippen LogP contribution in [-0.2, 0) is 0 Å². The van der Waals surface area contributed by atoms with Crippen LogP contribution >= 0.6 is 23.4 Å². The van der Waals surface area contributed by atoms with Crippen LogP contribution in [0.2, 0.25) is 5.02 Å². The van der Waals surface area contributed by atoms with Crippen molar-refractivity contribution in [2.75, 3.05) is 6.54 Å². The number of hydrogen-bond acceptors (Lipinski definition) is 2. The normalized spacial score (nSPS) is 13.2. The van der Waals surface area contributed by atoms with Crippen LogP contribution in [0.25, 0.3) is 0 Å². The van der Waals surface area contributed by atoms with Crippen LogP contribution in [0, 0.1) is 12.8 Å². The lowest BCUT2D eigenvalue weighted by atomic mass is 10.1. The maximum atomic E-state index is 5.98. The van der Waals surface area contributed by atoms with Gasteiger partial charge in [0.2, 0.25) is 0 Å². The van der Waals surface area contributed by atoms with Gasteiger partial charge in [0.15, 0.2) is 0 Å². The molecule has 0 saturated carbocycles. The van der Waals surface area contributed by atoms with Gasteiger partial charge in [-0.3, -0.25) is 0 Å². The molecule has 0 radical (unpaired) electrons. The lowest BCUT2D eigenvalue weighted by Gasteiger charge is -2.18. The second kappa shape index (κ2) is 5.78. The summed E-state index contributed by atoms with van der Waals surface area (Å²) in [6, 6.07) is 6.14. The molecule has 15 heavy (non-hydrogen) atoms. The molecule has 0 heterocycles. The lowest BCUT2D eigenvalue weighted by molar-refractivity contribution is 0.613. The summed E-state index contributed by atoms with van der Waals surface area (Å²) < 4.78 is 0. The minimum absolute atomic E-state index is 0.477. The van der Waals surface area contributed by atoms with Gasteiger partial charge in [0.25, 0.3) is 0 Å². The van der Waals surface area contributed by atoms with Crippen LogP contribution in [0.3, 0.4) is 0 Å². The van der Waals surface area contributed by atoms with Gasteiger partial charge in [-0.25, -0.2) is 0 Å². The molecule has 0 fully saturated rings. The van der Waals surface area contributed by atoms with Crippen LogP contribution in [0.4, 0.5) is 0 Å². The van der Waals surface area contributed by atoms with Crippen molar-refractivity contribution in [1.29, 1.82) is 0 Å². The Morgan fingerprint density at radius 2 is 2.07 bits per heavy atom. The smallest absolute Gasteiger partial charge is 0.0435 e. The van der Waals surface area contributed by atoms with Crippen LogP contribution in [0.15, 0.2) is 23.1 Å². The SMILES string of the molecule is Cc1cc(SC(CN)C(C)C)ccc1Cl. The van der Waals surface area contributed by atoms with E-state index < -0.39 is 0 Å². The monoisotopic (exact) mass is 243 g/mol. The molecule has 0 aliphatic carbocycles. The van der Waals surface area contributed by atoms with E-state index >= 15 is 0 Å². The molecule has 0 aliphatic rings. The largest absolute Gasteiger partial charge is 0.329 e. The van der Waals surface area contributed by atoms with Crippen molar-refractivity contribution in [3.63, 3.8) is 0 Å². The van der Waals surface area contributed by atoms with E-state index in [9.17, 15) is 0 Å². The first kappa shape index (κ1) is 12.9. The third-order valence-electron chi connectivity index (χ3n) is 2.39. The lowest BCUT2D eigenvalue weighted by Crippen LogP contribution is -2.22. The molecule has 3 heteroatoms. The fourth-order valence-corrected chi connectivity index (χ4v) is 2.55. The molecule has 1 nitrogen and oxygen atoms in total. The number of halogens is 1. The molecule has 1 rings (SSSR count). The Morgan fingerprint density at radius 1 is 1.40 bits per heavy atom. The first-order chi connectivity index (χ1) is 7.04. The zero-order valence-electron chi connectivity index (χ0n) is 9.46. The summed E-state index contributed by atoms with van der Waals surface area (Å²) in [6.45, 7) is 7.14. The number of aryl methyl sites for hydroxylation is 1. The molecule has 0 aromatic heterocycles. The molecule has 0 saturated heterocycles. The van der Waals surface area contributed by atoms with Crippen LogP contribution < -0.4 is 5.73 Å². The van der Waals surface area contributed by atoms with Gasteiger partial charge >= 0.3 is 0 Å². The molecular weight excluding hydrogens is 226 g/mol. The quantitative estimate of drug-likeness (QED) is 0.816. The van der Waals surface area contributed by atoms with Crippen molar-refractivity contribution in [2.45, 2.75) is 30.9 Å². The molecule has 1 unspecified atom stereocenters. The molecule has 1 atom stereocenters. The topological polar surface area (TPSA) is 26.0 Å². The van der Waals surface area contributed by atoms with Gasteiger partial charge in [-0.05, 0) is 36.6 Å². The van der Waals surface area contributed by atoms with E-state index in [2.05, 4.69) is 26.0 Å². The van der Waals surface area contributed by atoms with E-state index in [4.69, 9.17) is 17.3 Å². The average molecular weight is 244 g/mol. The Hall–Kier alpha value is -0.180. The second-order valence-electron chi connectivity index (χ2n) is 4.05. The van der Waals surface area contributed by atoms with E-state index in [-0.39, 0.29) is 0 Å². The van der Waals surface area contributed by atoms with Crippen molar-refractivity contribution in [3.8, 4) is 0 Å². The highest BCUT2D eigenvalue weighted by Gasteiger charge is 2.13. The predicted octanol–water partition coefficient (Wildman–Crippen LogP) is 3.72. The van der Waals surface area contributed by atoms with Gasteiger partial charge in [0.1, 0.15) is 0 Å². The summed E-state index contributed by atoms with van der Waals surface area (Å²) in [4.78, 5) is 1.25. The summed E-state index contributed by atoms with van der Waals surface area (Å²) in [6.07, 6.45) is 0. The highest BCUT2D eigenvalue weighted by Crippen LogP contribution is 2.29. The van der Waals surface area contributed by atoms with Crippen molar-refractivity contribution in [2.24, 2.45) is 11.7 Å². The van der Waals surface area contributed by atoms with E-state index in [1.54, 1.807) is 0 Å². The second-order valence-corrected chi connectivity index (χ2v) is 5.77. The molecule has 0 aliphatic heterocycles. The Labute approximate surface area is 101 Å². The van der Waals surface area contributed by atoms with Crippen molar-refractivity contribution in [1.82, 2.24) is 0 Å². The maximum Gasteiger partial charge on any atom is 0.0435 e. The molecule has 1 aromatic rings. The first-order valence-corrected chi connectivity index (χ1v) is 6.43. The van der Waals surface area contributed by atoms with E-state index in [1.165, 1.54) is 4.90 Å². The molecule has 84 valence electrons. The minimum atomic E-state index is 0.477. The third kappa shape index (κ3) is 3.71. The van der Waals surface area contributed by atoms with E-state index in [0.717, 1.165) is 10.6 Å². The number of benzene rings is 1. The Bertz CT molecular complexity index is 325. The van der Waals surface area contributed by atoms with E-state index in [0.29, 0.717) is 17.7 Å². The molecule has 0 bridgehead atoms. The van der Waals surface area contributed by atoms with Gasteiger partial charge in [0, 0.05) is 21.7 Å². The minimum Gasteiger partial charge on any atom is -0.329 e. The van der Waals surface area contributed by atoms with Crippen LogP contribution in [-0.4, -0.2) is 11.8 Å². The molecular formula is C12H18ClNS. The zero-order chi connectivity index (χ0) is 11.4. The summed E-state index contributed by atoms with van der Waals surface area (Å²) in [7, 11) is 0. The Kier molecular flexibility index (Phi) is 4.97. The fourth-order valence-electron chi connectivity index (χ4n) is 1.32. The van der Waals surface area contributed by atoms with Gasteiger partial charge in [-0.2, -0.15) is 0 Å². The van der Waals surface area contributed by atoms with E-state index in [1.807, 2.05) is 24.8 Å². The highest BCUT2D eigenvalue weighted by molar-refractivity contribution is 8.00. The third-order valence-corrected chi connectivity index (χ3v) is 4.38. The fraction of sp³-hybridized carbons (Fsp3) is 0.500. The molecule has 1 aromatic carbocycles. The maximum absolute atomic E-state index is 5.98. The van der Waals surface area contributed by atoms with Crippen LogP contribution in [0.1, 0.15) is 19.4 Å². The van der Waals surface area contributed by atoms with Crippen molar-refractivity contribution in [3.05, 3.63) is 28.8 Å². The zero-order valence-corrected chi connectivity index (χ0v) is 11.0. The highest BCUT2D eigenvalue weighted by atomic mass is 35.5. The van der Waals surface area contributed by atoms with Crippen LogP contribution in [0.5, 0.6) is 0 Å². The number of thioether (sulfide) groups is 1. The van der Waals surface area contributed by atoms with Gasteiger partial charge in [0.05, 0.1) is 0 Å². The first-order valence-electron chi connectivity index (χ1n) is 5.17. The van der Waals surface area contributed by atoms with Gasteiger partial charge in [-0.1, -0.05) is 25.4 Å². The summed E-state index contributed by atoms with van der Waals surface area (Å²) >= 11 is 7.82. The molecule has 0 amide bonds. The number of nitrogens with two attached hydrogens (primary N) is 1. The number of rotatable bonds is 4. The predicted molar refractivity (Wildman–Crippen MR) is 69.7 cm³/mol. The Morgan fingerprint density at radius 3 is 2.53 bits per heavy atom. The summed E-state index contributed by atoms with van der Waals surface area (Å²) in [5.41, 5.74) is 6.87. The van der Waals surface area contributed by atoms with Gasteiger partial charge < -0.3 is 5.73 Å².